The van der Waals surface area contributed by atoms with E-state index in [1.807, 2.05) is 42.5 Å². The van der Waals surface area contributed by atoms with Crippen LogP contribution in [0.1, 0.15) is 16.2 Å². The third-order valence-electron chi connectivity index (χ3n) is 2.86. The van der Waals surface area contributed by atoms with Gasteiger partial charge in [0.1, 0.15) is 0 Å². The van der Waals surface area contributed by atoms with Gasteiger partial charge in [-0.05, 0) is 12.1 Å². The van der Waals surface area contributed by atoms with Gasteiger partial charge in [0, 0.05) is 15.6 Å². The van der Waals surface area contributed by atoms with Crippen molar-refractivity contribution in [3.63, 3.8) is 0 Å². The molecule has 20 heavy (non-hydrogen) atoms. The van der Waals surface area contributed by atoms with Gasteiger partial charge in [0.2, 0.25) is 5.78 Å². The van der Waals surface area contributed by atoms with E-state index in [-0.39, 0.29) is 11.7 Å². The van der Waals surface area contributed by atoms with Gasteiger partial charge in [-0.1, -0.05) is 58.4 Å². The first kappa shape index (κ1) is 12.8. The van der Waals surface area contributed by atoms with Crippen molar-refractivity contribution in [1.82, 2.24) is 4.98 Å². The van der Waals surface area contributed by atoms with Crippen molar-refractivity contribution < 1.29 is 9.21 Å². The number of hydrogen-bond acceptors (Lipinski definition) is 3. The molecule has 3 aromatic rings. The van der Waals surface area contributed by atoms with E-state index in [1.54, 1.807) is 18.3 Å². The summed E-state index contributed by atoms with van der Waals surface area (Å²) in [5.74, 6) is 0.472. The molecule has 0 radical (unpaired) electrons. The molecule has 0 aliphatic heterocycles. The van der Waals surface area contributed by atoms with Crippen molar-refractivity contribution in [1.29, 1.82) is 0 Å². The van der Waals surface area contributed by atoms with Gasteiger partial charge in [0.15, 0.2) is 5.76 Å². The maximum absolute atomic E-state index is 12.2. The lowest BCUT2D eigenvalue weighted by Crippen LogP contribution is -2.00. The van der Waals surface area contributed by atoms with E-state index in [2.05, 4.69) is 20.9 Å². The second-order valence-corrected chi connectivity index (χ2v) is 5.15. The number of carbonyl (C=O) groups is 1. The molecule has 0 spiro atoms. The second kappa shape index (κ2) is 5.43. The van der Waals surface area contributed by atoms with Crippen LogP contribution >= 0.6 is 15.9 Å². The lowest BCUT2D eigenvalue weighted by Gasteiger charge is -1.97. The summed E-state index contributed by atoms with van der Waals surface area (Å²) in [6.45, 7) is 0. The number of nitrogens with zero attached hydrogens (tertiary/aromatic N) is 1. The molecule has 1 heterocycles. The molecule has 0 bridgehead atoms. The fourth-order valence-electron chi connectivity index (χ4n) is 1.84. The quantitative estimate of drug-likeness (QED) is 0.672. The smallest absolute Gasteiger partial charge is 0.268 e. The summed E-state index contributed by atoms with van der Waals surface area (Å²) in [6.07, 6.45) is 1.57. The molecule has 0 aliphatic rings. The van der Waals surface area contributed by atoms with E-state index < -0.39 is 0 Å². The Morgan fingerprint density at radius 1 is 1.00 bits per heavy atom. The molecular formula is C16H10BrNO2. The molecule has 0 unspecified atom stereocenters. The molecule has 4 heteroatoms. The Balaban J connectivity index is 1.91. The van der Waals surface area contributed by atoms with Crippen LogP contribution in [0.4, 0.5) is 0 Å². The van der Waals surface area contributed by atoms with Gasteiger partial charge < -0.3 is 4.42 Å². The molecule has 0 N–H and O–H groups in total. The van der Waals surface area contributed by atoms with Gasteiger partial charge in [-0.3, -0.25) is 4.79 Å². The molecule has 0 amide bonds. The Kier molecular flexibility index (Phi) is 3.48. The summed E-state index contributed by atoms with van der Waals surface area (Å²) in [4.78, 5) is 16.2. The van der Waals surface area contributed by atoms with E-state index in [0.717, 1.165) is 10.0 Å². The van der Waals surface area contributed by atoms with Crippen LogP contribution in [0.15, 0.2) is 69.7 Å². The van der Waals surface area contributed by atoms with Gasteiger partial charge in [0.25, 0.3) is 5.89 Å². The number of oxazole rings is 1. The van der Waals surface area contributed by atoms with Crippen molar-refractivity contribution >= 4 is 21.7 Å². The molecule has 0 atom stereocenters. The largest absolute Gasteiger partial charge is 0.433 e. The average Bonchev–Trinajstić information content (AvgIpc) is 2.98. The molecule has 0 saturated carbocycles. The van der Waals surface area contributed by atoms with Crippen LogP contribution in [0.5, 0.6) is 0 Å². The third kappa shape index (κ3) is 2.56. The molecule has 98 valence electrons. The van der Waals surface area contributed by atoms with Gasteiger partial charge >= 0.3 is 0 Å². The first-order valence-corrected chi connectivity index (χ1v) is 6.85. The van der Waals surface area contributed by atoms with Crippen LogP contribution in [0.2, 0.25) is 0 Å². The molecule has 1 aromatic heterocycles. The molecular weight excluding hydrogens is 318 g/mol. The van der Waals surface area contributed by atoms with E-state index >= 15 is 0 Å². The molecule has 0 aliphatic carbocycles. The van der Waals surface area contributed by atoms with Crippen molar-refractivity contribution in [2.75, 3.05) is 0 Å². The predicted octanol–water partition coefficient (Wildman–Crippen LogP) is 4.34. The van der Waals surface area contributed by atoms with Gasteiger partial charge in [-0.15, -0.1) is 0 Å². The Morgan fingerprint density at radius 3 is 2.40 bits per heavy atom. The predicted molar refractivity (Wildman–Crippen MR) is 79.5 cm³/mol. The Hall–Kier alpha value is -2.20. The minimum absolute atomic E-state index is 0.106. The lowest BCUT2D eigenvalue weighted by molar-refractivity contribution is 0.100. The zero-order valence-electron chi connectivity index (χ0n) is 10.4. The highest BCUT2D eigenvalue weighted by Crippen LogP contribution is 2.23. The van der Waals surface area contributed by atoms with Gasteiger partial charge in [0.05, 0.1) is 6.20 Å². The first-order chi connectivity index (χ1) is 9.74. The Labute approximate surface area is 124 Å². The summed E-state index contributed by atoms with van der Waals surface area (Å²) < 4.78 is 6.54. The molecule has 3 rings (SSSR count). The summed E-state index contributed by atoms with van der Waals surface area (Å²) in [5.41, 5.74) is 1.45. The maximum atomic E-state index is 12.2. The molecule has 0 fully saturated rings. The minimum atomic E-state index is -0.214. The second-order valence-electron chi connectivity index (χ2n) is 4.23. The van der Waals surface area contributed by atoms with Crippen LogP contribution < -0.4 is 0 Å². The first-order valence-electron chi connectivity index (χ1n) is 6.05. The van der Waals surface area contributed by atoms with Crippen LogP contribution in [0.25, 0.3) is 11.3 Å². The van der Waals surface area contributed by atoms with Crippen LogP contribution in [-0.2, 0) is 0 Å². The van der Waals surface area contributed by atoms with E-state index in [4.69, 9.17) is 4.42 Å². The summed E-state index contributed by atoms with van der Waals surface area (Å²) >= 11 is 3.38. The highest BCUT2D eigenvalue weighted by molar-refractivity contribution is 9.10. The summed E-state index contributed by atoms with van der Waals surface area (Å²) in [5, 5.41) is 0. The van der Waals surface area contributed by atoms with Gasteiger partial charge in [-0.25, -0.2) is 4.98 Å². The number of benzene rings is 2. The van der Waals surface area contributed by atoms with Crippen LogP contribution in [0.3, 0.4) is 0 Å². The van der Waals surface area contributed by atoms with Crippen molar-refractivity contribution in [3.8, 4) is 11.3 Å². The monoisotopic (exact) mass is 327 g/mol. The van der Waals surface area contributed by atoms with Crippen molar-refractivity contribution in [2.45, 2.75) is 0 Å². The normalized spacial score (nSPS) is 10.4. The highest BCUT2D eigenvalue weighted by atomic mass is 79.9. The van der Waals surface area contributed by atoms with E-state index in [9.17, 15) is 4.79 Å². The number of ketones is 1. The zero-order chi connectivity index (χ0) is 13.9. The minimum Gasteiger partial charge on any atom is -0.433 e. The number of hydrogen-bond donors (Lipinski definition) is 0. The third-order valence-corrected chi connectivity index (χ3v) is 3.39. The summed E-state index contributed by atoms with van der Waals surface area (Å²) in [6, 6.07) is 16.6. The number of halogens is 1. The van der Waals surface area contributed by atoms with Crippen molar-refractivity contribution in [3.05, 3.63) is 76.7 Å². The topological polar surface area (TPSA) is 43.1 Å². The number of aromatic nitrogens is 1. The standard InChI is InChI=1S/C16H10BrNO2/c17-13-8-6-11(7-9-13)14-10-18-16(20-14)15(19)12-4-2-1-3-5-12/h1-10H. The SMILES string of the molecule is O=C(c1ccccc1)c1ncc(-c2ccc(Br)cc2)o1. The number of carbonyl (C=O) groups excluding carboxylic acids is 1. The fourth-order valence-corrected chi connectivity index (χ4v) is 2.10. The molecule has 3 nitrogen and oxygen atoms in total. The number of rotatable bonds is 3. The van der Waals surface area contributed by atoms with Crippen LogP contribution in [0, 0.1) is 0 Å². The fraction of sp³-hybridized carbons (Fsp3) is 0. The average molecular weight is 328 g/mol. The Morgan fingerprint density at radius 2 is 1.70 bits per heavy atom. The Bertz CT molecular complexity index is 733. The molecule has 0 saturated heterocycles. The van der Waals surface area contributed by atoms with Crippen LogP contribution in [-0.4, -0.2) is 10.8 Å². The zero-order valence-corrected chi connectivity index (χ0v) is 12.0. The lowest BCUT2D eigenvalue weighted by atomic mass is 10.1. The van der Waals surface area contributed by atoms with E-state index in [0.29, 0.717) is 11.3 Å². The van der Waals surface area contributed by atoms with Crippen molar-refractivity contribution in [2.24, 2.45) is 0 Å². The summed E-state index contributed by atoms with van der Waals surface area (Å²) in [7, 11) is 0. The highest BCUT2D eigenvalue weighted by Gasteiger charge is 2.15. The maximum Gasteiger partial charge on any atom is 0.268 e. The van der Waals surface area contributed by atoms with E-state index in [1.165, 1.54) is 0 Å². The van der Waals surface area contributed by atoms with Gasteiger partial charge in [-0.2, -0.15) is 0 Å². The molecule has 2 aromatic carbocycles.